The summed E-state index contributed by atoms with van der Waals surface area (Å²) in [7, 11) is 1.34. The highest BCUT2D eigenvalue weighted by Gasteiger charge is 2.11. The Morgan fingerprint density at radius 2 is 1.85 bits per heavy atom. The van der Waals surface area contributed by atoms with E-state index in [1.807, 2.05) is 55.5 Å². The molecule has 0 aliphatic carbocycles. The third-order valence-electron chi connectivity index (χ3n) is 3.91. The maximum Gasteiger partial charge on any atom is 0.325 e. The number of esters is 1. The van der Waals surface area contributed by atoms with Crippen LogP contribution in [0.4, 0.5) is 0 Å². The fourth-order valence-corrected chi connectivity index (χ4v) is 3.69. The average Bonchev–Trinajstić information content (AvgIpc) is 3.00. The predicted octanol–water partition coefficient (Wildman–Crippen LogP) is 2.94. The maximum atomic E-state index is 12.5. The highest BCUT2D eigenvalue weighted by atomic mass is 32.1. The van der Waals surface area contributed by atoms with Crippen molar-refractivity contribution in [1.29, 1.82) is 0 Å². The molecule has 27 heavy (non-hydrogen) atoms. The fourth-order valence-electron chi connectivity index (χ4n) is 2.64. The first kappa shape index (κ1) is 18.8. The van der Waals surface area contributed by atoms with E-state index in [9.17, 15) is 9.59 Å². The standard InChI is InChI=1S/C20H20N2O4S/c1-3-26-15-10-8-14(9-11-15)12-18(23)21-20-22(13-19(24)25-2)16-6-4-5-7-17(16)27-20/h4-11H,3,12-13H2,1-2H3. The van der Waals surface area contributed by atoms with Gasteiger partial charge in [0, 0.05) is 0 Å². The van der Waals surface area contributed by atoms with Crippen molar-refractivity contribution in [2.24, 2.45) is 4.99 Å². The first-order valence-corrected chi connectivity index (χ1v) is 9.37. The molecule has 140 valence electrons. The summed E-state index contributed by atoms with van der Waals surface area (Å²) in [6.07, 6.45) is 0.179. The van der Waals surface area contributed by atoms with Gasteiger partial charge in [0.1, 0.15) is 12.3 Å². The number of methoxy groups -OCH3 is 1. The quantitative estimate of drug-likeness (QED) is 0.613. The van der Waals surface area contributed by atoms with Crippen LogP contribution in [0.2, 0.25) is 0 Å². The SMILES string of the molecule is CCOc1ccc(CC(=O)N=c2sc3ccccc3n2CC(=O)OC)cc1. The third kappa shape index (κ3) is 4.62. The highest BCUT2D eigenvalue weighted by molar-refractivity contribution is 7.16. The van der Waals surface area contributed by atoms with Gasteiger partial charge in [0.2, 0.25) is 0 Å². The van der Waals surface area contributed by atoms with Crippen molar-refractivity contribution in [1.82, 2.24) is 4.57 Å². The summed E-state index contributed by atoms with van der Waals surface area (Å²) >= 11 is 1.37. The number of para-hydroxylation sites is 1. The Bertz CT molecular complexity index is 1020. The second-order valence-electron chi connectivity index (χ2n) is 5.77. The van der Waals surface area contributed by atoms with E-state index < -0.39 is 0 Å². The number of benzene rings is 2. The summed E-state index contributed by atoms with van der Waals surface area (Å²) in [5.41, 5.74) is 1.70. The number of carbonyl (C=O) groups excluding carboxylic acids is 2. The molecule has 3 rings (SSSR count). The minimum absolute atomic E-state index is 0.00960. The lowest BCUT2D eigenvalue weighted by molar-refractivity contribution is -0.141. The largest absolute Gasteiger partial charge is 0.494 e. The summed E-state index contributed by atoms with van der Waals surface area (Å²) in [5.74, 6) is 0.106. The zero-order chi connectivity index (χ0) is 19.2. The van der Waals surface area contributed by atoms with Gasteiger partial charge in [-0.1, -0.05) is 35.6 Å². The summed E-state index contributed by atoms with van der Waals surface area (Å²) < 4.78 is 12.8. The van der Waals surface area contributed by atoms with E-state index >= 15 is 0 Å². The van der Waals surface area contributed by atoms with Crippen LogP contribution < -0.4 is 9.54 Å². The van der Waals surface area contributed by atoms with Gasteiger partial charge in [-0.15, -0.1) is 0 Å². The Morgan fingerprint density at radius 3 is 2.56 bits per heavy atom. The van der Waals surface area contributed by atoms with E-state index in [2.05, 4.69) is 4.99 Å². The third-order valence-corrected chi connectivity index (χ3v) is 4.97. The molecule has 0 N–H and O–H groups in total. The van der Waals surface area contributed by atoms with E-state index in [1.165, 1.54) is 18.4 Å². The van der Waals surface area contributed by atoms with Crippen molar-refractivity contribution in [2.75, 3.05) is 13.7 Å². The van der Waals surface area contributed by atoms with Crippen LogP contribution >= 0.6 is 11.3 Å². The van der Waals surface area contributed by atoms with Gasteiger partial charge in [-0.25, -0.2) is 0 Å². The van der Waals surface area contributed by atoms with E-state index in [-0.39, 0.29) is 24.8 Å². The molecule has 0 spiro atoms. The summed E-state index contributed by atoms with van der Waals surface area (Å²) in [5, 5.41) is 0. The van der Waals surface area contributed by atoms with E-state index in [0.29, 0.717) is 11.4 Å². The number of thiazole rings is 1. The van der Waals surface area contributed by atoms with Crippen LogP contribution in [0, 0.1) is 0 Å². The van der Waals surface area contributed by atoms with Crippen LogP contribution in [0.15, 0.2) is 53.5 Å². The molecule has 0 aliphatic heterocycles. The molecule has 0 saturated carbocycles. The molecular weight excluding hydrogens is 364 g/mol. The normalized spacial score (nSPS) is 11.6. The van der Waals surface area contributed by atoms with Crippen molar-refractivity contribution >= 4 is 33.4 Å². The molecule has 3 aromatic rings. The summed E-state index contributed by atoms with van der Waals surface area (Å²) in [4.78, 5) is 28.9. The molecule has 1 aromatic heterocycles. The fraction of sp³-hybridized carbons (Fsp3) is 0.250. The van der Waals surface area contributed by atoms with Gasteiger partial charge in [-0.3, -0.25) is 9.59 Å². The minimum Gasteiger partial charge on any atom is -0.494 e. The molecule has 0 fully saturated rings. The van der Waals surface area contributed by atoms with Crippen LogP contribution in [0.1, 0.15) is 12.5 Å². The van der Waals surface area contributed by atoms with E-state index in [0.717, 1.165) is 21.5 Å². The summed E-state index contributed by atoms with van der Waals surface area (Å²) in [6.45, 7) is 2.53. The van der Waals surface area contributed by atoms with Gasteiger partial charge in [0.25, 0.3) is 5.91 Å². The molecular formula is C20H20N2O4S. The van der Waals surface area contributed by atoms with Crippen LogP contribution in [0.25, 0.3) is 10.2 Å². The van der Waals surface area contributed by atoms with E-state index in [4.69, 9.17) is 9.47 Å². The maximum absolute atomic E-state index is 12.5. The topological polar surface area (TPSA) is 69.9 Å². The molecule has 1 amide bonds. The highest BCUT2D eigenvalue weighted by Crippen LogP contribution is 2.17. The lowest BCUT2D eigenvalue weighted by Crippen LogP contribution is -2.22. The molecule has 2 aromatic carbocycles. The first-order valence-electron chi connectivity index (χ1n) is 8.55. The van der Waals surface area contributed by atoms with Crippen molar-refractivity contribution < 1.29 is 19.1 Å². The van der Waals surface area contributed by atoms with Gasteiger partial charge >= 0.3 is 5.97 Å². The lowest BCUT2D eigenvalue weighted by atomic mass is 10.1. The van der Waals surface area contributed by atoms with Crippen molar-refractivity contribution in [3.63, 3.8) is 0 Å². The van der Waals surface area contributed by atoms with Crippen LogP contribution in [-0.2, 0) is 27.3 Å². The van der Waals surface area contributed by atoms with Crippen molar-refractivity contribution in [3.8, 4) is 5.75 Å². The Labute approximate surface area is 160 Å². The Hall–Kier alpha value is -2.93. The average molecular weight is 384 g/mol. The van der Waals surface area contributed by atoms with Crippen LogP contribution in [0.3, 0.4) is 0 Å². The molecule has 7 heteroatoms. The van der Waals surface area contributed by atoms with Crippen molar-refractivity contribution in [2.45, 2.75) is 19.9 Å². The van der Waals surface area contributed by atoms with Gasteiger partial charge < -0.3 is 14.0 Å². The molecule has 0 atom stereocenters. The molecule has 0 aliphatic rings. The number of nitrogens with zero attached hydrogens (tertiary/aromatic N) is 2. The monoisotopic (exact) mass is 384 g/mol. The number of aromatic nitrogens is 1. The minimum atomic E-state index is -0.390. The zero-order valence-corrected chi connectivity index (χ0v) is 16.0. The summed E-state index contributed by atoms with van der Waals surface area (Å²) in [6, 6.07) is 15.0. The second kappa shape index (κ2) is 8.64. The number of amides is 1. The number of hydrogen-bond acceptors (Lipinski definition) is 5. The van der Waals surface area contributed by atoms with Crippen molar-refractivity contribution in [3.05, 3.63) is 58.9 Å². The number of fused-ring (bicyclic) bond motifs is 1. The Morgan fingerprint density at radius 1 is 1.11 bits per heavy atom. The van der Waals surface area contributed by atoms with Gasteiger partial charge in [-0.05, 0) is 36.8 Å². The molecule has 6 nitrogen and oxygen atoms in total. The van der Waals surface area contributed by atoms with Gasteiger partial charge in [0.15, 0.2) is 4.80 Å². The molecule has 0 bridgehead atoms. The number of ether oxygens (including phenoxy) is 2. The van der Waals surface area contributed by atoms with E-state index in [1.54, 1.807) is 4.57 Å². The second-order valence-corrected chi connectivity index (χ2v) is 6.78. The van der Waals surface area contributed by atoms with Gasteiger partial charge in [0.05, 0.1) is 30.4 Å². The number of rotatable bonds is 6. The molecule has 0 saturated heterocycles. The first-order chi connectivity index (χ1) is 13.1. The van der Waals surface area contributed by atoms with Crippen LogP contribution in [0.5, 0.6) is 5.75 Å². The predicted molar refractivity (Wildman–Crippen MR) is 104 cm³/mol. The Kier molecular flexibility index (Phi) is 6.03. The van der Waals surface area contributed by atoms with Crippen LogP contribution in [-0.4, -0.2) is 30.2 Å². The molecule has 1 heterocycles. The molecule has 0 unspecified atom stereocenters. The van der Waals surface area contributed by atoms with Gasteiger partial charge in [-0.2, -0.15) is 4.99 Å². The Balaban J connectivity index is 1.88. The number of carbonyl (C=O) groups is 2. The number of hydrogen-bond donors (Lipinski definition) is 0. The smallest absolute Gasteiger partial charge is 0.325 e. The lowest BCUT2D eigenvalue weighted by Gasteiger charge is -2.04. The molecule has 0 radical (unpaired) electrons. The zero-order valence-electron chi connectivity index (χ0n) is 15.2.